The lowest BCUT2D eigenvalue weighted by Gasteiger charge is -2.39. The van der Waals surface area contributed by atoms with Gasteiger partial charge in [0.15, 0.2) is 5.96 Å². The van der Waals surface area contributed by atoms with Crippen LogP contribution in [0.15, 0.2) is 46.8 Å². The van der Waals surface area contributed by atoms with Gasteiger partial charge in [0.2, 0.25) is 0 Å². The summed E-state index contributed by atoms with van der Waals surface area (Å²) in [7, 11) is 7.56. The van der Waals surface area contributed by atoms with Crippen LogP contribution in [0.3, 0.4) is 0 Å². The molecule has 1 aliphatic rings. The summed E-state index contributed by atoms with van der Waals surface area (Å²) >= 11 is 1.85. The molecule has 0 bridgehead atoms. The smallest absolute Gasteiger partial charge is 0.253 e. The molecule has 1 aromatic heterocycles. The molecule has 7 heteroatoms. The first-order valence-electron chi connectivity index (χ1n) is 10.5. The lowest BCUT2D eigenvalue weighted by Crippen LogP contribution is -2.44. The van der Waals surface area contributed by atoms with Crippen molar-refractivity contribution in [2.24, 2.45) is 10.9 Å². The number of guanidine groups is 1. The molecule has 2 N–H and O–H groups in total. The second-order valence-electron chi connectivity index (χ2n) is 8.05. The summed E-state index contributed by atoms with van der Waals surface area (Å²) in [5.41, 5.74) is 1.81. The standard InChI is InChI=1S/C23H33N5OS/c1-24-23(25-15-17-9-11-18(12-10-17)22(29)27(2)3)26-16-19-7-5-13-28(4)21(19)20-8-6-14-30-20/h6,8-12,14,19,21H,5,7,13,15-16H2,1-4H3,(H2,24,25,26). The van der Waals surface area contributed by atoms with Crippen molar-refractivity contribution in [2.75, 3.05) is 41.3 Å². The summed E-state index contributed by atoms with van der Waals surface area (Å²) < 4.78 is 0. The number of hydrogen-bond acceptors (Lipinski definition) is 4. The van der Waals surface area contributed by atoms with Crippen LogP contribution in [0.1, 0.15) is 39.7 Å². The van der Waals surface area contributed by atoms with Crippen molar-refractivity contribution in [1.82, 2.24) is 20.4 Å². The van der Waals surface area contributed by atoms with Crippen molar-refractivity contribution in [2.45, 2.75) is 25.4 Å². The number of carbonyl (C=O) groups is 1. The number of amides is 1. The molecule has 1 aliphatic heterocycles. The Bertz CT molecular complexity index is 832. The van der Waals surface area contributed by atoms with Gasteiger partial charge in [-0.3, -0.25) is 14.7 Å². The summed E-state index contributed by atoms with van der Waals surface area (Å²) in [5, 5.41) is 9.08. The third-order valence-corrected chi connectivity index (χ3v) is 6.61. The minimum Gasteiger partial charge on any atom is -0.356 e. The first kappa shape index (κ1) is 22.3. The molecule has 3 rings (SSSR count). The van der Waals surface area contributed by atoms with E-state index in [0.29, 0.717) is 24.1 Å². The predicted molar refractivity (Wildman–Crippen MR) is 125 cm³/mol. The minimum atomic E-state index is 0.0183. The maximum Gasteiger partial charge on any atom is 0.253 e. The number of piperidine rings is 1. The van der Waals surface area contributed by atoms with E-state index in [1.807, 2.05) is 35.6 Å². The van der Waals surface area contributed by atoms with E-state index < -0.39 is 0 Å². The molecule has 0 aliphatic carbocycles. The van der Waals surface area contributed by atoms with Crippen LogP contribution in [0.25, 0.3) is 0 Å². The van der Waals surface area contributed by atoms with Gasteiger partial charge in [0.1, 0.15) is 0 Å². The molecule has 30 heavy (non-hydrogen) atoms. The van der Waals surface area contributed by atoms with Crippen LogP contribution >= 0.6 is 11.3 Å². The zero-order chi connectivity index (χ0) is 21.5. The van der Waals surface area contributed by atoms with Crippen molar-refractivity contribution in [3.63, 3.8) is 0 Å². The van der Waals surface area contributed by atoms with Gasteiger partial charge in [0, 0.05) is 50.7 Å². The van der Waals surface area contributed by atoms with E-state index in [1.165, 1.54) is 17.7 Å². The zero-order valence-corrected chi connectivity index (χ0v) is 19.2. The molecule has 1 fully saturated rings. The first-order valence-corrected chi connectivity index (χ1v) is 11.4. The second kappa shape index (κ2) is 10.6. The van der Waals surface area contributed by atoms with Crippen LogP contribution in [-0.2, 0) is 6.54 Å². The molecule has 2 aromatic rings. The molecule has 2 unspecified atom stereocenters. The summed E-state index contributed by atoms with van der Waals surface area (Å²) in [6, 6.07) is 12.6. The average molecular weight is 428 g/mol. The lowest BCUT2D eigenvalue weighted by atomic mass is 9.88. The highest BCUT2D eigenvalue weighted by Gasteiger charge is 2.31. The Kier molecular flexibility index (Phi) is 7.87. The Balaban J connectivity index is 1.54. The normalized spacial score (nSPS) is 20.1. The van der Waals surface area contributed by atoms with Crippen LogP contribution in [0.2, 0.25) is 0 Å². The quantitative estimate of drug-likeness (QED) is 0.549. The average Bonchev–Trinajstić information content (AvgIpc) is 3.28. The van der Waals surface area contributed by atoms with Crippen molar-refractivity contribution >= 4 is 23.2 Å². The third-order valence-electron chi connectivity index (χ3n) is 5.66. The van der Waals surface area contributed by atoms with Crippen LogP contribution in [0, 0.1) is 5.92 Å². The number of aliphatic imine (C=N–C) groups is 1. The fourth-order valence-corrected chi connectivity index (χ4v) is 5.02. The maximum absolute atomic E-state index is 12.0. The molecular formula is C23H33N5OS. The Morgan fingerprint density at radius 1 is 1.23 bits per heavy atom. The van der Waals surface area contributed by atoms with Crippen molar-refractivity contribution in [1.29, 1.82) is 0 Å². The fraction of sp³-hybridized carbons (Fsp3) is 0.478. The van der Waals surface area contributed by atoms with Gasteiger partial charge in [-0.2, -0.15) is 0 Å². The van der Waals surface area contributed by atoms with Crippen LogP contribution < -0.4 is 10.6 Å². The molecule has 0 spiro atoms. The number of nitrogens with zero attached hydrogens (tertiary/aromatic N) is 3. The fourth-order valence-electron chi connectivity index (χ4n) is 4.04. The molecule has 1 amide bonds. The molecule has 1 aromatic carbocycles. The molecule has 162 valence electrons. The van der Waals surface area contributed by atoms with Crippen molar-refractivity contribution in [3.05, 3.63) is 57.8 Å². The Morgan fingerprint density at radius 3 is 2.63 bits per heavy atom. The summed E-state index contributed by atoms with van der Waals surface area (Å²) in [6.45, 7) is 2.70. The monoisotopic (exact) mass is 427 g/mol. The van der Waals surface area contributed by atoms with E-state index in [4.69, 9.17) is 0 Å². The Hall–Kier alpha value is -2.38. The first-order chi connectivity index (χ1) is 14.5. The van der Waals surface area contributed by atoms with Crippen LogP contribution in [0.5, 0.6) is 0 Å². The Morgan fingerprint density at radius 2 is 2.00 bits per heavy atom. The highest BCUT2D eigenvalue weighted by atomic mass is 32.1. The molecule has 2 atom stereocenters. The Labute approximate surface area is 184 Å². The number of rotatable bonds is 6. The van der Waals surface area contributed by atoms with Crippen LogP contribution in [0.4, 0.5) is 0 Å². The number of hydrogen-bond donors (Lipinski definition) is 2. The maximum atomic E-state index is 12.0. The molecular weight excluding hydrogens is 394 g/mol. The van der Waals surface area contributed by atoms with Crippen LogP contribution in [-0.4, -0.2) is 62.9 Å². The van der Waals surface area contributed by atoms with Gasteiger partial charge in [-0.15, -0.1) is 11.3 Å². The molecule has 1 saturated heterocycles. The van der Waals surface area contributed by atoms with Gasteiger partial charge in [-0.05, 0) is 61.5 Å². The van der Waals surface area contributed by atoms with Gasteiger partial charge >= 0.3 is 0 Å². The number of carbonyl (C=O) groups excluding carboxylic acids is 1. The van der Waals surface area contributed by atoms with E-state index in [2.05, 4.69) is 45.1 Å². The third kappa shape index (κ3) is 5.61. The highest BCUT2D eigenvalue weighted by Crippen LogP contribution is 2.36. The molecule has 6 nitrogen and oxygen atoms in total. The van der Waals surface area contributed by atoms with Crippen molar-refractivity contribution < 1.29 is 4.79 Å². The van der Waals surface area contributed by atoms with E-state index in [9.17, 15) is 4.79 Å². The minimum absolute atomic E-state index is 0.0183. The van der Waals surface area contributed by atoms with Crippen molar-refractivity contribution in [3.8, 4) is 0 Å². The predicted octanol–water partition coefficient (Wildman–Crippen LogP) is 3.20. The summed E-state index contributed by atoms with van der Waals surface area (Å²) in [5.74, 6) is 1.38. The molecule has 0 radical (unpaired) electrons. The van der Waals surface area contributed by atoms with Gasteiger partial charge in [0.05, 0.1) is 0 Å². The van der Waals surface area contributed by atoms with E-state index >= 15 is 0 Å². The highest BCUT2D eigenvalue weighted by molar-refractivity contribution is 7.10. The molecule has 0 saturated carbocycles. The summed E-state index contributed by atoms with van der Waals surface area (Å²) in [4.78, 5) is 21.9. The molecule has 2 heterocycles. The number of likely N-dealkylation sites (tertiary alicyclic amines) is 1. The van der Waals surface area contributed by atoms with E-state index in [0.717, 1.165) is 24.6 Å². The van der Waals surface area contributed by atoms with Gasteiger partial charge < -0.3 is 15.5 Å². The lowest BCUT2D eigenvalue weighted by molar-refractivity contribution is 0.0827. The summed E-state index contributed by atoms with van der Waals surface area (Å²) in [6.07, 6.45) is 2.45. The SMILES string of the molecule is CN=C(NCc1ccc(C(=O)N(C)C)cc1)NCC1CCCN(C)C1c1cccs1. The van der Waals surface area contributed by atoms with E-state index in [-0.39, 0.29) is 5.91 Å². The number of nitrogens with one attached hydrogen (secondary N) is 2. The van der Waals surface area contributed by atoms with E-state index in [1.54, 1.807) is 26.0 Å². The van der Waals surface area contributed by atoms with Gasteiger partial charge in [-0.25, -0.2) is 0 Å². The number of benzene rings is 1. The van der Waals surface area contributed by atoms with Gasteiger partial charge in [-0.1, -0.05) is 18.2 Å². The second-order valence-corrected chi connectivity index (χ2v) is 9.03. The largest absolute Gasteiger partial charge is 0.356 e. The van der Waals surface area contributed by atoms with Gasteiger partial charge in [0.25, 0.3) is 5.91 Å². The zero-order valence-electron chi connectivity index (χ0n) is 18.4. The number of thiophene rings is 1. The topological polar surface area (TPSA) is 60.0 Å².